The molecule has 2 unspecified atom stereocenters. The van der Waals surface area contributed by atoms with Crippen LogP contribution in [0.5, 0.6) is 0 Å². The Hall–Kier alpha value is -0.730. The first kappa shape index (κ1) is 12.3. The molecule has 0 saturated heterocycles. The molecule has 0 amide bonds. The highest BCUT2D eigenvalue weighted by Gasteiger charge is 2.31. The topological polar surface area (TPSA) is 56.0 Å². The Bertz CT molecular complexity index is 240. The molecule has 0 aliphatic heterocycles. The van der Waals surface area contributed by atoms with Gasteiger partial charge in [0.25, 0.3) is 5.92 Å². The minimum absolute atomic E-state index is 0.152. The molecule has 1 fully saturated rings. The molecule has 1 aliphatic rings. The number of aliphatic hydroxyl groups is 1. The molecule has 86 valence electrons. The van der Waals surface area contributed by atoms with Crippen LogP contribution in [-0.4, -0.2) is 30.2 Å². The Morgan fingerprint density at radius 2 is 2.07 bits per heavy atom. The average molecular weight is 218 g/mol. The van der Waals surface area contributed by atoms with E-state index in [0.717, 1.165) is 25.7 Å². The number of nitrogens with one attached hydrogen (secondary N) is 1. The first-order chi connectivity index (χ1) is 7.09. The van der Waals surface area contributed by atoms with Crippen LogP contribution in [0.1, 0.15) is 25.7 Å². The lowest BCUT2D eigenvalue weighted by molar-refractivity contribution is -0.0506. The SMILES string of the molecule is N#CC1CCCCC1NCC(F)(F)CO. The lowest BCUT2D eigenvalue weighted by Gasteiger charge is -2.29. The van der Waals surface area contributed by atoms with Gasteiger partial charge in [-0.25, -0.2) is 8.78 Å². The van der Waals surface area contributed by atoms with Crippen molar-refractivity contribution < 1.29 is 13.9 Å². The smallest absolute Gasteiger partial charge is 0.282 e. The third kappa shape index (κ3) is 3.73. The summed E-state index contributed by atoms with van der Waals surface area (Å²) >= 11 is 0. The maximum atomic E-state index is 12.7. The van der Waals surface area contributed by atoms with E-state index in [2.05, 4.69) is 11.4 Å². The molecule has 15 heavy (non-hydrogen) atoms. The fourth-order valence-corrected chi connectivity index (χ4v) is 1.87. The summed E-state index contributed by atoms with van der Waals surface area (Å²) in [7, 11) is 0. The number of hydrogen-bond acceptors (Lipinski definition) is 3. The zero-order valence-corrected chi connectivity index (χ0v) is 8.55. The second-order valence-electron chi connectivity index (χ2n) is 4.02. The van der Waals surface area contributed by atoms with E-state index in [0.29, 0.717) is 0 Å². The number of halogens is 2. The molecule has 0 aromatic carbocycles. The normalized spacial score (nSPS) is 27.3. The summed E-state index contributed by atoms with van der Waals surface area (Å²) in [6.07, 6.45) is 3.51. The molecule has 0 bridgehead atoms. The van der Waals surface area contributed by atoms with Crippen molar-refractivity contribution in [2.45, 2.75) is 37.6 Å². The summed E-state index contributed by atoms with van der Waals surface area (Å²) in [4.78, 5) is 0. The molecule has 0 spiro atoms. The van der Waals surface area contributed by atoms with Gasteiger partial charge in [0.15, 0.2) is 0 Å². The van der Waals surface area contributed by atoms with Crippen LogP contribution in [0.3, 0.4) is 0 Å². The summed E-state index contributed by atoms with van der Waals surface area (Å²) < 4.78 is 25.5. The van der Waals surface area contributed by atoms with E-state index in [4.69, 9.17) is 10.4 Å². The van der Waals surface area contributed by atoms with Crippen molar-refractivity contribution in [3.05, 3.63) is 0 Å². The van der Waals surface area contributed by atoms with Crippen molar-refractivity contribution in [2.75, 3.05) is 13.2 Å². The number of nitriles is 1. The van der Waals surface area contributed by atoms with Gasteiger partial charge in [0.1, 0.15) is 6.61 Å². The molecule has 1 rings (SSSR count). The Morgan fingerprint density at radius 1 is 1.40 bits per heavy atom. The maximum Gasteiger partial charge on any atom is 0.282 e. The fourth-order valence-electron chi connectivity index (χ4n) is 1.87. The highest BCUT2D eigenvalue weighted by molar-refractivity contribution is 4.95. The van der Waals surface area contributed by atoms with Gasteiger partial charge >= 0.3 is 0 Å². The predicted octanol–water partition coefficient (Wildman–Crippen LogP) is 1.29. The molecule has 5 heteroatoms. The highest BCUT2D eigenvalue weighted by atomic mass is 19.3. The van der Waals surface area contributed by atoms with E-state index in [-0.39, 0.29) is 12.0 Å². The Labute approximate surface area is 88.1 Å². The molecule has 0 radical (unpaired) electrons. The van der Waals surface area contributed by atoms with Crippen molar-refractivity contribution in [2.24, 2.45) is 5.92 Å². The van der Waals surface area contributed by atoms with Gasteiger partial charge in [-0.3, -0.25) is 0 Å². The first-order valence-electron chi connectivity index (χ1n) is 5.21. The van der Waals surface area contributed by atoms with Crippen LogP contribution in [0.4, 0.5) is 8.78 Å². The summed E-state index contributed by atoms with van der Waals surface area (Å²) in [6, 6.07) is 1.99. The number of rotatable bonds is 4. The third-order valence-electron chi connectivity index (χ3n) is 2.79. The average Bonchev–Trinajstić information content (AvgIpc) is 2.27. The number of hydrogen-bond donors (Lipinski definition) is 2. The summed E-state index contributed by atoms with van der Waals surface area (Å²) in [5, 5.41) is 19.9. The van der Waals surface area contributed by atoms with E-state index in [1.54, 1.807) is 0 Å². The van der Waals surface area contributed by atoms with Crippen LogP contribution in [0.15, 0.2) is 0 Å². The van der Waals surface area contributed by atoms with Gasteiger partial charge in [0, 0.05) is 6.04 Å². The van der Waals surface area contributed by atoms with Gasteiger partial charge in [-0.15, -0.1) is 0 Å². The van der Waals surface area contributed by atoms with Crippen molar-refractivity contribution in [3.63, 3.8) is 0 Å². The molecule has 3 nitrogen and oxygen atoms in total. The molecule has 0 aromatic rings. The van der Waals surface area contributed by atoms with Crippen LogP contribution in [0.25, 0.3) is 0 Å². The molecule has 2 atom stereocenters. The molecule has 1 aliphatic carbocycles. The lowest BCUT2D eigenvalue weighted by atomic mass is 9.85. The van der Waals surface area contributed by atoms with Gasteiger partial charge in [-0.2, -0.15) is 5.26 Å². The monoisotopic (exact) mass is 218 g/mol. The Balaban J connectivity index is 2.39. The minimum Gasteiger partial charge on any atom is -0.390 e. The third-order valence-corrected chi connectivity index (χ3v) is 2.79. The largest absolute Gasteiger partial charge is 0.390 e. The van der Waals surface area contributed by atoms with Gasteiger partial charge in [0.05, 0.1) is 18.5 Å². The maximum absolute atomic E-state index is 12.7. The molecule has 0 heterocycles. The summed E-state index contributed by atoms with van der Waals surface area (Å²) in [6.45, 7) is -1.70. The summed E-state index contributed by atoms with van der Waals surface area (Å²) in [5.41, 5.74) is 0. The first-order valence-corrected chi connectivity index (χ1v) is 5.21. The van der Waals surface area contributed by atoms with Crippen LogP contribution >= 0.6 is 0 Å². The predicted molar refractivity (Wildman–Crippen MR) is 51.4 cm³/mol. The molecule has 1 saturated carbocycles. The second-order valence-corrected chi connectivity index (χ2v) is 4.02. The van der Waals surface area contributed by atoms with Crippen molar-refractivity contribution in [3.8, 4) is 6.07 Å². The van der Waals surface area contributed by atoms with E-state index in [1.165, 1.54) is 0 Å². The Morgan fingerprint density at radius 3 is 2.67 bits per heavy atom. The van der Waals surface area contributed by atoms with E-state index >= 15 is 0 Å². The van der Waals surface area contributed by atoms with Gasteiger partial charge in [-0.05, 0) is 12.8 Å². The lowest BCUT2D eigenvalue weighted by Crippen LogP contribution is -2.45. The molecular formula is C10H16F2N2O. The van der Waals surface area contributed by atoms with Crippen LogP contribution < -0.4 is 5.32 Å². The highest BCUT2D eigenvalue weighted by Crippen LogP contribution is 2.24. The van der Waals surface area contributed by atoms with Crippen molar-refractivity contribution in [1.29, 1.82) is 5.26 Å². The van der Waals surface area contributed by atoms with Gasteiger partial charge in [0.2, 0.25) is 0 Å². The van der Waals surface area contributed by atoms with Gasteiger partial charge < -0.3 is 10.4 Å². The van der Waals surface area contributed by atoms with Gasteiger partial charge in [-0.1, -0.05) is 12.8 Å². The fraction of sp³-hybridized carbons (Fsp3) is 0.900. The van der Waals surface area contributed by atoms with Crippen LogP contribution in [0, 0.1) is 17.2 Å². The molecule has 2 N–H and O–H groups in total. The number of aliphatic hydroxyl groups excluding tert-OH is 1. The standard InChI is InChI=1S/C10H16F2N2O/c11-10(12,7-15)6-14-9-4-2-1-3-8(9)5-13/h8-9,14-15H,1-4,6-7H2. The van der Waals surface area contributed by atoms with E-state index in [1.807, 2.05) is 0 Å². The van der Waals surface area contributed by atoms with Crippen LogP contribution in [-0.2, 0) is 0 Å². The van der Waals surface area contributed by atoms with E-state index < -0.39 is 19.1 Å². The van der Waals surface area contributed by atoms with Crippen LogP contribution in [0.2, 0.25) is 0 Å². The van der Waals surface area contributed by atoms with E-state index in [9.17, 15) is 8.78 Å². The second kappa shape index (κ2) is 5.38. The van der Waals surface area contributed by atoms with Crippen molar-refractivity contribution >= 4 is 0 Å². The zero-order valence-electron chi connectivity index (χ0n) is 8.55. The molecular weight excluding hydrogens is 202 g/mol. The minimum atomic E-state index is -3.09. The Kier molecular flexibility index (Phi) is 4.43. The van der Waals surface area contributed by atoms with Crippen molar-refractivity contribution in [1.82, 2.24) is 5.32 Å². The summed E-state index contributed by atoms with van der Waals surface area (Å²) in [5.74, 6) is -3.26. The number of alkyl halides is 2. The number of nitrogens with zero attached hydrogens (tertiary/aromatic N) is 1. The quantitative estimate of drug-likeness (QED) is 0.747. The molecule has 0 aromatic heterocycles. The zero-order chi connectivity index (χ0) is 11.3.